The van der Waals surface area contributed by atoms with E-state index in [4.69, 9.17) is 27.4 Å². The van der Waals surface area contributed by atoms with E-state index in [9.17, 15) is 14.7 Å². The van der Waals surface area contributed by atoms with Crippen molar-refractivity contribution in [1.82, 2.24) is 34.6 Å². The number of aromatic nitrogens is 6. The molecule has 6 aromatic rings. The van der Waals surface area contributed by atoms with E-state index in [0.717, 1.165) is 5.56 Å². The van der Waals surface area contributed by atoms with Gasteiger partial charge >= 0.3 is 0 Å². The number of fused-ring (bicyclic) bond motifs is 2. The number of phenolic OH excluding ortho intramolecular Hbond substituents is 1. The molecule has 0 aliphatic rings. The van der Waals surface area contributed by atoms with Crippen molar-refractivity contribution < 1.29 is 9.90 Å². The highest BCUT2D eigenvalue weighted by Crippen LogP contribution is 2.31. The molecule has 230 valence electrons. The van der Waals surface area contributed by atoms with Crippen LogP contribution in [0.5, 0.6) is 5.75 Å². The van der Waals surface area contributed by atoms with Gasteiger partial charge in [-0.05, 0) is 54.4 Å². The highest BCUT2D eigenvalue weighted by molar-refractivity contribution is 6.31. The molecule has 0 aliphatic carbocycles. The van der Waals surface area contributed by atoms with Gasteiger partial charge in [0.05, 0.1) is 22.8 Å². The second-order valence-corrected chi connectivity index (χ2v) is 11.0. The first-order valence-electron chi connectivity index (χ1n) is 14.6. The normalized spacial score (nSPS) is 11.0. The van der Waals surface area contributed by atoms with Crippen molar-refractivity contribution in [2.24, 2.45) is 0 Å². The summed E-state index contributed by atoms with van der Waals surface area (Å²) < 4.78 is 3.22. The van der Waals surface area contributed by atoms with Gasteiger partial charge in [-0.15, -0.1) is 0 Å². The van der Waals surface area contributed by atoms with E-state index in [1.807, 2.05) is 24.3 Å². The Kier molecular flexibility index (Phi) is 8.63. The third kappa shape index (κ3) is 6.11. The molecule has 4 N–H and O–H groups in total. The zero-order chi connectivity index (χ0) is 32.2. The molecule has 3 heterocycles. The van der Waals surface area contributed by atoms with Gasteiger partial charge in [0.1, 0.15) is 36.0 Å². The number of carbonyl (C=O) groups excluding carboxylic acids is 1. The molecular formula is C34H29ClN8O3. The van der Waals surface area contributed by atoms with Crippen LogP contribution < -0.4 is 16.6 Å². The highest BCUT2D eigenvalue weighted by atomic mass is 35.5. The maximum atomic E-state index is 14.3. The predicted molar refractivity (Wildman–Crippen MR) is 177 cm³/mol. The number of hydrogen-bond donors (Lipinski definition) is 3. The molecule has 1 amide bonds. The number of hydrogen-bond acceptors (Lipinski definition) is 8. The summed E-state index contributed by atoms with van der Waals surface area (Å²) in [5, 5.41) is 18.7. The second-order valence-electron chi connectivity index (χ2n) is 10.5. The van der Waals surface area contributed by atoms with Crippen molar-refractivity contribution in [2.75, 3.05) is 12.8 Å². The van der Waals surface area contributed by atoms with E-state index < -0.39 is 0 Å². The molecule has 0 saturated heterocycles. The van der Waals surface area contributed by atoms with Crippen LogP contribution in [0.15, 0.2) is 77.9 Å². The quantitative estimate of drug-likeness (QED) is 0.164. The number of rotatable bonds is 8. The Hall–Kier alpha value is -5.73. The van der Waals surface area contributed by atoms with Gasteiger partial charge in [0.15, 0.2) is 5.65 Å². The number of nitrogens with zero attached hydrogens (tertiary/aromatic N) is 6. The van der Waals surface area contributed by atoms with Crippen LogP contribution in [0.4, 0.5) is 5.82 Å². The minimum absolute atomic E-state index is 0.0413. The number of halogens is 1. The first-order valence-corrected chi connectivity index (χ1v) is 14.9. The molecule has 0 bridgehead atoms. The number of nitrogen functional groups attached to an aromatic ring is 1. The summed E-state index contributed by atoms with van der Waals surface area (Å²) in [6.45, 7) is 0.238. The lowest BCUT2D eigenvalue weighted by Gasteiger charge is -2.15. The lowest BCUT2D eigenvalue weighted by Crippen LogP contribution is -2.28. The molecule has 0 aliphatic heterocycles. The Labute approximate surface area is 268 Å². The molecule has 46 heavy (non-hydrogen) atoms. The zero-order valence-electron chi connectivity index (χ0n) is 24.9. The van der Waals surface area contributed by atoms with E-state index in [1.54, 1.807) is 58.8 Å². The monoisotopic (exact) mass is 632 g/mol. The average Bonchev–Trinajstić information content (AvgIpc) is 3.43. The number of amides is 1. The second kappa shape index (κ2) is 13.1. The number of carbonyl (C=O) groups is 1. The Morgan fingerprint density at radius 1 is 1.02 bits per heavy atom. The maximum Gasteiger partial charge on any atom is 0.263 e. The Morgan fingerprint density at radius 3 is 2.61 bits per heavy atom. The number of aromatic hydroxyl groups is 1. The van der Waals surface area contributed by atoms with Crippen molar-refractivity contribution in [2.45, 2.75) is 32.4 Å². The molecule has 6 rings (SSSR count). The minimum Gasteiger partial charge on any atom is -0.508 e. The third-order valence-corrected chi connectivity index (χ3v) is 7.92. The topological polar surface area (TPSA) is 154 Å². The molecule has 0 saturated carbocycles. The van der Waals surface area contributed by atoms with E-state index >= 15 is 0 Å². The largest absolute Gasteiger partial charge is 0.508 e. The van der Waals surface area contributed by atoms with Crippen molar-refractivity contribution in [3.63, 3.8) is 0 Å². The SMILES string of the molecule is CNC(=O)CCCC#Cc1cccc2nc(Cn3nc(-c4ccc(O)cc4)c4c(N)ncnc43)n(Cc3ccccc3Cl)c(=O)c12. The summed E-state index contributed by atoms with van der Waals surface area (Å²) in [6.07, 6.45) is 2.85. The van der Waals surface area contributed by atoms with Crippen LogP contribution >= 0.6 is 11.6 Å². The molecule has 0 atom stereocenters. The van der Waals surface area contributed by atoms with Crippen LogP contribution in [0.3, 0.4) is 0 Å². The van der Waals surface area contributed by atoms with Gasteiger partial charge in [-0.1, -0.05) is 47.7 Å². The first-order chi connectivity index (χ1) is 22.3. The fourth-order valence-electron chi connectivity index (χ4n) is 5.21. The van der Waals surface area contributed by atoms with Crippen LogP contribution in [0.2, 0.25) is 5.02 Å². The maximum absolute atomic E-state index is 14.3. The molecule has 3 aromatic carbocycles. The van der Waals surface area contributed by atoms with Crippen LogP contribution in [-0.2, 0) is 17.9 Å². The van der Waals surface area contributed by atoms with Crippen molar-refractivity contribution in [1.29, 1.82) is 0 Å². The zero-order valence-corrected chi connectivity index (χ0v) is 25.6. The van der Waals surface area contributed by atoms with Gasteiger partial charge in [0.2, 0.25) is 5.91 Å². The summed E-state index contributed by atoms with van der Waals surface area (Å²) in [7, 11) is 1.60. The number of nitrogens with two attached hydrogens (primary N) is 1. The van der Waals surface area contributed by atoms with Crippen molar-refractivity contribution in [3.05, 3.63) is 105 Å². The average molecular weight is 633 g/mol. The molecular weight excluding hydrogens is 604 g/mol. The fourth-order valence-corrected chi connectivity index (χ4v) is 5.41. The van der Waals surface area contributed by atoms with Gasteiger partial charge in [-0.2, -0.15) is 5.10 Å². The van der Waals surface area contributed by atoms with E-state index in [2.05, 4.69) is 27.1 Å². The Bertz CT molecular complexity index is 2210. The number of unbranched alkanes of at least 4 members (excludes halogenated alkanes) is 1. The molecule has 3 aromatic heterocycles. The summed E-state index contributed by atoms with van der Waals surface area (Å²) in [5.74, 6) is 6.97. The van der Waals surface area contributed by atoms with Crippen molar-refractivity contribution >= 4 is 45.3 Å². The van der Waals surface area contributed by atoms with Crippen LogP contribution in [0, 0.1) is 11.8 Å². The van der Waals surface area contributed by atoms with Crippen LogP contribution in [-0.4, -0.2) is 47.4 Å². The molecule has 11 nitrogen and oxygen atoms in total. The predicted octanol–water partition coefficient (Wildman–Crippen LogP) is 4.51. The lowest BCUT2D eigenvalue weighted by molar-refractivity contribution is -0.120. The fraction of sp³-hybridized carbons (Fsp3) is 0.176. The summed E-state index contributed by atoms with van der Waals surface area (Å²) in [6, 6.07) is 19.3. The molecule has 0 radical (unpaired) electrons. The van der Waals surface area contributed by atoms with Crippen molar-refractivity contribution in [3.8, 4) is 28.8 Å². The van der Waals surface area contributed by atoms with Gasteiger partial charge in [-0.3, -0.25) is 14.2 Å². The van der Waals surface area contributed by atoms with Gasteiger partial charge < -0.3 is 16.2 Å². The van der Waals surface area contributed by atoms with E-state index in [1.165, 1.54) is 6.33 Å². The smallest absolute Gasteiger partial charge is 0.263 e. The minimum atomic E-state index is -0.278. The standard InChI is InChI=1S/C34H29ClN8O3/c1-37-28(45)13-4-2-3-8-21-10-7-12-26-29(21)34(46)42(18-23-9-5-6-11-25(23)35)27(40-26)19-43-33-30(32(36)38-20-39-33)31(41-43)22-14-16-24(44)17-15-22/h5-7,9-12,14-17,20,44H,2,4,13,18-19H2,1H3,(H,37,45)(H2,36,38,39). The van der Waals surface area contributed by atoms with E-state index in [-0.39, 0.29) is 36.1 Å². The Morgan fingerprint density at radius 2 is 1.83 bits per heavy atom. The molecule has 0 unspecified atom stereocenters. The number of benzene rings is 3. The first kappa shape index (κ1) is 30.3. The molecule has 0 fully saturated rings. The van der Waals surface area contributed by atoms with Gasteiger partial charge in [0.25, 0.3) is 5.56 Å². The van der Waals surface area contributed by atoms with Gasteiger partial charge in [0, 0.05) is 36.0 Å². The number of phenols is 1. The third-order valence-electron chi connectivity index (χ3n) is 7.55. The number of nitrogens with one attached hydrogen (secondary N) is 1. The van der Waals surface area contributed by atoms with E-state index in [0.29, 0.717) is 68.9 Å². The Balaban J connectivity index is 1.48. The molecule has 0 spiro atoms. The summed E-state index contributed by atoms with van der Waals surface area (Å²) in [5.41, 5.74) is 9.51. The number of anilines is 1. The molecule has 12 heteroatoms. The van der Waals surface area contributed by atoms with Crippen LogP contribution in [0.25, 0.3) is 33.2 Å². The highest BCUT2D eigenvalue weighted by Gasteiger charge is 2.21. The summed E-state index contributed by atoms with van der Waals surface area (Å²) in [4.78, 5) is 39.5. The van der Waals surface area contributed by atoms with Gasteiger partial charge in [-0.25, -0.2) is 19.6 Å². The summed E-state index contributed by atoms with van der Waals surface area (Å²) >= 11 is 6.54. The van der Waals surface area contributed by atoms with Crippen LogP contribution in [0.1, 0.15) is 36.2 Å². The lowest BCUT2D eigenvalue weighted by atomic mass is 10.1.